The Bertz CT molecular complexity index is 483. The second-order valence-electron chi connectivity index (χ2n) is 5.84. The molecule has 0 aromatic carbocycles. The Balaban J connectivity index is 2.19. The molecule has 0 unspecified atom stereocenters. The van der Waals surface area contributed by atoms with Gasteiger partial charge >= 0.3 is 0 Å². The zero-order valence-corrected chi connectivity index (χ0v) is 10.8. The third-order valence-electron chi connectivity index (χ3n) is 4.67. The molecule has 0 saturated heterocycles. The Hall–Kier alpha value is -1.02. The van der Waals surface area contributed by atoms with Crippen LogP contribution in [0.5, 0.6) is 0 Å². The minimum absolute atomic E-state index is 0.133. The summed E-state index contributed by atoms with van der Waals surface area (Å²) in [6.07, 6.45) is 6.85. The van der Waals surface area contributed by atoms with Crippen LogP contribution < -0.4 is 0 Å². The minimum atomic E-state index is -0.568. The molecular weight excluding hydrogens is 212 g/mol. The van der Waals surface area contributed by atoms with Crippen molar-refractivity contribution in [1.82, 2.24) is 0 Å². The number of rotatable bonds is 0. The largest absolute Gasteiger partial charge is 0.469 e. The van der Waals surface area contributed by atoms with Gasteiger partial charge in [0.15, 0.2) is 0 Å². The van der Waals surface area contributed by atoms with E-state index in [1.807, 2.05) is 6.26 Å². The molecule has 1 aromatic heterocycles. The highest BCUT2D eigenvalue weighted by Crippen LogP contribution is 2.50. The lowest BCUT2D eigenvalue weighted by molar-refractivity contribution is -0.0458. The molecule has 2 aliphatic rings. The highest BCUT2D eigenvalue weighted by molar-refractivity contribution is 5.42. The second-order valence-corrected chi connectivity index (χ2v) is 5.84. The second kappa shape index (κ2) is 3.49. The van der Waals surface area contributed by atoms with E-state index in [0.717, 1.165) is 25.0 Å². The monoisotopic (exact) mass is 232 g/mol. The van der Waals surface area contributed by atoms with Crippen LogP contribution in [-0.4, -0.2) is 10.7 Å². The fraction of sp³-hybridized carbons (Fsp3) is 0.600. The Morgan fingerprint density at radius 1 is 1.41 bits per heavy atom. The first kappa shape index (κ1) is 11.1. The smallest absolute Gasteiger partial charge is 0.108 e. The van der Waals surface area contributed by atoms with Gasteiger partial charge in [-0.25, -0.2) is 0 Å². The highest BCUT2D eigenvalue weighted by atomic mass is 16.3. The van der Waals surface area contributed by atoms with Gasteiger partial charge in [0.05, 0.1) is 11.9 Å². The molecule has 3 atom stereocenters. The van der Waals surface area contributed by atoms with Gasteiger partial charge < -0.3 is 9.52 Å². The standard InChI is InChI=1S/C15H20O2/c1-9-4-5-15(16)11(3)7-13-14(12(15)6-9)10(2)8-17-13/h6,8,11-12,16H,4-5,7H2,1-3H3/t11-,12-,15+/m0/s1. The zero-order valence-electron chi connectivity index (χ0n) is 10.8. The molecule has 2 aliphatic carbocycles. The maximum atomic E-state index is 11.0. The van der Waals surface area contributed by atoms with Crippen LogP contribution >= 0.6 is 0 Å². The van der Waals surface area contributed by atoms with Crippen LogP contribution in [-0.2, 0) is 6.42 Å². The Morgan fingerprint density at radius 3 is 2.94 bits per heavy atom. The number of allylic oxidation sites excluding steroid dienone is 1. The molecule has 0 spiro atoms. The van der Waals surface area contributed by atoms with Gasteiger partial charge in [0.25, 0.3) is 0 Å². The van der Waals surface area contributed by atoms with Crippen LogP contribution in [0.4, 0.5) is 0 Å². The van der Waals surface area contributed by atoms with Crippen molar-refractivity contribution in [2.75, 3.05) is 0 Å². The minimum Gasteiger partial charge on any atom is -0.469 e. The third-order valence-corrected chi connectivity index (χ3v) is 4.67. The number of fused-ring (bicyclic) bond motifs is 3. The lowest BCUT2D eigenvalue weighted by atomic mass is 9.63. The molecule has 0 fully saturated rings. The molecule has 17 heavy (non-hydrogen) atoms. The van der Waals surface area contributed by atoms with Crippen LogP contribution in [0.15, 0.2) is 22.3 Å². The molecule has 3 rings (SSSR count). The third kappa shape index (κ3) is 1.43. The summed E-state index contributed by atoms with van der Waals surface area (Å²) in [5, 5.41) is 11.0. The van der Waals surface area contributed by atoms with Gasteiger partial charge in [-0.3, -0.25) is 0 Å². The zero-order chi connectivity index (χ0) is 12.2. The van der Waals surface area contributed by atoms with E-state index in [1.165, 1.54) is 16.7 Å². The Morgan fingerprint density at radius 2 is 2.18 bits per heavy atom. The normalized spacial score (nSPS) is 36.1. The van der Waals surface area contributed by atoms with E-state index in [9.17, 15) is 5.11 Å². The molecule has 0 aliphatic heterocycles. The molecule has 2 nitrogen and oxygen atoms in total. The van der Waals surface area contributed by atoms with Gasteiger partial charge in [-0.05, 0) is 38.2 Å². The fourth-order valence-corrected chi connectivity index (χ4v) is 3.49. The number of hydrogen-bond donors (Lipinski definition) is 1. The lowest BCUT2D eigenvalue weighted by Gasteiger charge is -2.46. The van der Waals surface area contributed by atoms with Gasteiger partial charge in [0.1, 0.15) is 5.76 Å². The number of aryl methyl sites for hydroxylation is 1. The topological polar surface area (TPSA) is 33.4 Å². The van der Waals surface area contributed by atoms with Crippen molar-refractivity contribution < 1.29 is 9.52 Å². The van der Waals surface area contributed by atoms with Crippen LogP contribution in [0.1, 0.15) is 49.5 Å². The maximum Gasteiger partial charge on any atom is 0.108 e. The summed E-state index contributed by atoms with van der Waals surface area (Å²) in [6, 6.07) is 0. The van der Waals surface area contributed by atoms with Crippen molar-refractivity contribution in [3.63, 3.8) is 0 Å². The number of aliphatic hydroxyl groups is 1. The number of furan rings is 1. The molecule has 0 radical (unpaired) electrons. The van der Waals surface area contributed by atoms with Crippen molar-refractivity contribution in [3.05, 3.63) is 34.8 Å². The molecule has 1 heterocycles. The maximum absolute atomic E-state index is 11.0. The summed E-state index contributed by atoms with van der Waals surface area (Å²) in [5.74, 6) is 1.49. The van der Waals surface area contributed by atoms with Crippen LogP contribution in [0.3, 0.4) is 0 Å². The van der Waals surface area contributed by atoms with Crippen molar-refractivity contribution >= 4 is 0 Å². The van der Waals surface area contributed by atoms with Crippen LogP contribution in [0, 0.1) is 12.8 Å². The highest BCUT2D eigenvalue weighted by Gasteiger charge is 2.48. The van der Waals surface area contributed by atoms with E-state index in [2.05, 4.69) is 26.8 Å². The van der Waals surface area contributed by atoms with E-state index in [-0.39, 0.29) is 11.8 Å². The predicted octanol–water partition coefficient (Wildman–Crippen LogP) is 3.34. The Kier molecular flexibility index (Phi) is 2.27. The molecule has 1 N–H and O–H groups in total. The summed E-state index contributed by atoms with van der Waals surface area (Å²) in [7, 11) is 0. The van der Waals surface area contributed by atoms with Gasteiger partial charge in [0.2, 0.25) is 0 Å². The molecule has 92 valence electrons. The average molecular weight is 232 g/mol. The lowest BCUT2D eigenvalue weighted by Crippen LogP contribution is -2.47. The summed E-state index contributed by atoms with van der Waals surface area (Å²) < 4.78 is 5.65. The molecule has 0 saturated carbocycles. The Labute approximate surface area is 102 Å². The first-order valence-electron chi connectivity index (χ1n) is 6.49. The van der Waals surface area contributed by atoms with E-state index < -0.39 is 5.60 Å². The summed E-state index contributed by atoms with van der Waals surface area (Å²) >= 11 is 0. The van der Waals surface area contributed by atoms with Crippen molar-refractivity contribution in [1.29, 1.82) is 0 Å². The summed E-state index contributed by atoms with van der Waals surface area (Å²) in [4.78, 5) is 0. The van der Waals surface area contributed by atoms with Gasteiger partial charge in [-0.2, -0.15) is 0 Å². The van der Waals surface area contributed by atoms with Gasteiger partial charge in [-0.15, -0.1) is 0 Å². The molecule has 2 heteroatoms. The van der Waals surface area contributed by atoms with E-state index in [1.54, 1.807) is 0 Å². The van der Waals surface area contributed by atoms with Gasteiger partial charge in [0, 0.05) is 17.9 Å². The van der Waals surface area contributed by atoms with Crippen molar-refractivity contribution in [2.24, 2.45) is 5.92 Å². The summed E-state index contributed by atoms with van der Waals surface area (Å²) in [6.45, 7) is 6.38. The van der Waals surface area contributed by atoms with E-state index >= 15 is 0 Å². The van der Waals surface area contributed by atoms with Crippen molar-refractivity contribution in [2.45, 2.75) is 51.6 Å². The quantitative estimate of drug-likeness (QED) is 0.696. The first-order chi connectivity index (χ1) is 8.02. The summed E-state index contributed by atoms with van der Waals surface area (Å²) in [5.41, 5.74) is 3.24. The number of hydrogen-bond acceptors (Lipinski definition) is 2. The van der Waals surface area contributed by atoms with Crippen LogP contribution in [0.2, 0.25) is 0 Å². The average Bonchev–Trinajstić information content (AvgIpc) is 2.63. The first-order valence-corrected chi connectivity index (χ1v) is 6.49. The van der Waals surface area contributed by atoms with E-state index in [4.69, 9.17) is 4.42 Å². The van der Waals surface area contributed by atoms with Crippen LogP contribution in [0.25, 0.3) is 0 Å². The van der Waals surface area contributed by atoms with Crippen molar-refractivity contribution in [3.8, 4) is 0 Å². The SMILES string of the molecule is CC1=C[C@H]2c3c(C)coc3C[C@H](C)[C@]2(O)CC1. The fourth-order valence-electron chi connectivity index (χ4n) is 3.49. The predicted molar refractivity (Wildman–Crippen MR) is 67.0 cm³/mol. The van der Waals surface area contributed by atoms with E-state index in [0.29, 0.717) is 0 Å². The van der Waals surface area contributed by atoms with Gasteiger partial charge in [-0.1, -0.05) is 18.6 Å². The molecule has 1 aromatic rings. The molecule has 0 amide bonds. The molecule has 0 bridgehead atoms. The molecular formula is C15H20O2.